The average molecular weight is 380 g/mol. The van der Waals surface area contributed by atoms with E-state index in [9.17, 15) is 19.8 Å². The Morgan fingerprint density at radius 1 is 1.25 bits per heavy atom. The van der Waals surface area contributed by atoms with Gasteiger partial charge in [0.2, 0.25) is 0 Å². The largest absolute Gasteiger partial charge is 0.504 e. The second kappa shape index (κ2) is 7.96. The van der Waals surface area contributed by atoms with Gasteiger partial charge in [-0.1, -0.05) is 31.5 Å². The summed E-state index contributed by atoms with van der Waals surface area (Å²) in [5, 5.41) is 25.1. The van der Waals surface area contributed by atoms with Gasteiger partial charge in [-0.2, -0.15) is 10.1 Å². The summed E-state index contributed by atoms with van der Waals surface area (Å²) in [7, 11) is 1.45. The van der Waals surface area contributed by atoms with Crippen LogP contribution in [0.2, 0.25) is 0 Å². The van der Waals surface area contributed by atoms with E-state index >= 15 is 0 Å². The molecule has 2 aromatic rings. The van der Waals surface area contributed by atoms with Crippen LogP contribution in [0.15, 0.2) is 53.1 Å². The zero-order valence-electron chi connectivity index (χ0n) is 15.5. The van der Waals surface area contributed by atoms with E-state index in [1.54, 1.807) is 36.4 Å². The third-order valence-electron chi connectivity index (χ3n) is 4.33. The van der Waals surface area contributed by atoms with Gasteiger partial charge in [0.15, 0.2) is 11.5 Å². The van der Waals surface area contributed by atoms with E-state index in [1.165, 1.54) is 24.3 Å². The molecule has 0 aliphatic carbocycles. The van der Waals surface area contributed by atoms with Crippen LogP contribution < -0.4 is 9.75 Å². The first-order valence-corrected chi connectivity index (χ1v) is 8.79. The summed E-state index contributed by atoms with van der Waals surface area (Å²) in [6, 6.07) is 11.1. The molecule has 1 amide bonds. The summed E-state index contributed by atoms with van der Waals surface area (Å²) >= 11 is 0. The van der Waals surface area contributed by atoms with E-state index in [2.05, 4.69) is 5.10 Å². The molecule has 28 heavy (non-hydrogen) atoms. The van der Waals surface area contributed by atoms with Crippen LogP contribution in [-0.2, 0) is 4.79 Å². The van der Waals surface area contributed by atoms with Gasteiger partial charge in [-0.25, -0.2) is 4.79 Å². The van der Waals surface area contributed by atoms with Crippen LogP contribution in [0.3, 0.4) is 0 Å². The normalized spacial score (nSPS) is 15.1. The number of benzene rings is 2. The van der Waals surface area contributed by atoms with Gasteiger partial charge < -0.3 is 14.9 Å². The number of phenols is 1. The summed E-state index contributed by atoms with van der Waals surface area (Å²) in [5.41, 5.74) is 1.81. The van der Waals surface area contributed by atoms with Crippen molar-refractivity contribution in [2.24, 2.45) is 5.10 Å². The van der Waals surface area contributed by atoms with Crippen molar-refractivity contribution in [1.29, 1.82) is 0 Å². The third-order valence-corrected chi connectivity index (χ3v) is 4.33. The molecule has 144 valence electrons. The molecule has 1 heterocycles. The standard InChI is InChI=1S/C21H20N2O5/c1-3-6-17-16(12-13-7-5-10-18(28-2)19(13)24)20(25)23(22-17)15-9-4-8-14(11-15)21(26)27/h4-5,7-12,24H,3,6H2,1-2H3,(H,26,27). The Kier molecular flexibility index (Phi) is 5.44. The smallest absolute Gasteiger partial charge is 0.335 e. The van der Waals surface area contributed by atoms with Crippen LogP contribution in [0, 0.1) is 0 Å². The van der Waals surface area contributed by atoms with Crippen molar-refractivity contribution in [3.8, 4) is 11.5 Å². The van der Waals surface area contributed by atoms with Gasteiger partial charge in [0.25, 0.3) is 5.91 Å². The zero-order chi connectivity index (χ0) is 20.3. The monoisotopic (exact) mass is 380 g/mol. The number of ether oxygens (including phenoxy) is 1. The van der Waals surface area contributed by atoms with Crippen molar-refractivity contribution < 1.29 is 24.5 Å². The van der Waals surface area contributed by atoms with Crippen LogP contribution >= 0.6 is 0 Å². The van der Waals surface area contributed by atoms with Gasteiger partial charge >= 0.3 is 5.97 Å². The Labute approximate surface area is 162 Å². The van der Waals surface area contributed by atoms with E-state index in [0.29, 0.717) is 34.7 Å². The predicted molar refractivity (Wildman–Crippen MR) is 106 cm³/mol. The van der Waals surface area contributed by atoms with Gasteiger partial charge in [0.05, 0.1) is 29.6 Å². The summed E-state index contributed by atoms with van der Waals surface area (Å²) in [5.74, 6) is -1.22. The molecule has 0 saturated carbocycles. The highest BCUT2D eigenvalue weighted by molar-refractivity contribution is 6.32. The third kappa shape index (κ3) is 3.59. The zero-order valence-corrected chi connectivity index (χ0v) is 15.5. The molecule has 7 nitrogen and oxygen atoms in total. The van der Waals surface area contributed by atoms with Gasteiger partial charge in [-0.3, -0.25) is 4.79 Å². The second-order valence-corrected chi connectivity index (χ2v) is 6.23. The van der Waals surface area contributed by atoms with Gasteiger partial charge in [0, 0.05) is 5.56 Å². The molecule has 7 heteroatoms. The molecule has 0 atom stereocenters. The molecule has 0 unspecified atom stereocenters. The number of carboxylic acid groups (broad SMARTS) is 1. The molecule has 0 fully saturated rings. The first-order chi connectivity index (χ1) is 13.5. The minimum Gasteiger partial charge on any atom is -0.504 e. The molecule has 1 aliphatic heterocycles. The van der Waals surface area contributed by atoms with E-state index in [1.807, 2.05) is 6.92 Å². The lowest BCUT2D eigenvalue weighted by molar-refractivity contribution is -0.114. The van der Waals surface area contributed by atoms with Crippen molar-refractivity contribution in [3.63, 3.8) is 0 Å². The van der Waals surface area contributed by atoms with E-state index in [-0.39, 0.29) is 17.2 Å². The summed E-state index contributed by atoms with van der Waals surface area (Å²) in [6.07, 6.45) is 2.92. The fourth-order valence-corrected chi connectivity index (χ4v) is 2.95. The lowest BCUT2D eigenvalue weighted by Gasteiger charge is -2.12. The van der Waals surface area contributed by atoms with Crippen LogP contribution in [0.1, 0.15) is 35.7 Å². The molecule has 0 radical (unpaired) electrons. The number of aromatic carboxylic acids is 1. The van der Waals surface area contributed by atoms with E-state index in [0.717, 1.165) is 6.42 Å². The van der Waals surface area contributed by atoms with Crippen molar-refractivity contribution in [3.05, 3.63) is 59.2 Å². The number of rotatable bonds is 6. The first kappa shape index (κ1) is 19.2. The second-order valence-electron chi connectivity index (χ2n) is 6.23. The molecule has 1 aliphatic rings. The van der Waals surface area contributed by atoms with Crippen molar-refractivity contribution in [2.45, 2.75) is 19.8 Å². The number of carboxylic acids is 1. The molecular weight excluding hydrogens is 360 g/mol. The molecule has 2 N–H and O–H groups in total. The molecule has 0 bridgehead atoms. The van der Waals surface area contributed by atoms with E-state index in [4.69, 9.17) is 4.74 Å². The number of anilines is 1. The number of para-hydroxylation sites is 1. The molecule has 0 spiro atoms. The Hall–Kier alpha value is -3.61. The number of hydrogen-bond acceptors (Lipinski definition) is 5. The summed E-state index contributed by atoms with van der Waals surface area (Å²) < 4.78 is 5.12. The minimum atomic E-state index is -1.08. The number of aromatic hydroxyl groups is 1. The molecule has 0 aromatic heterocycles. The number of phenolic OH excluding ortho intramolecular Hbond substituents is 1. The van der Waals surface area contributed by atoms with Crippen molar-refractivity contribution in [1.82, 2.24) is 0 Å². The Morgan fingerprint density at radius 3 is 2.68 bits per heavy atom. The lowest BCUT2D eigenvalue weighted by Crippen LogP contribution is -2.21. The Bertz CT molecular complexity index is 994. The maximum Gasteiger partial charge on any atom is 0.335 e. The molecular formula is C21H20N2O5. The van der Waals surface area contributed by atoms with Crippen molar-refractivity contribution in [2.75, 3.05) is 12.1 Å². The van der Waals surface area contributed by atoms with Gasteiger partial charge in [-0.15, -0.1) is 0 Å². The van der Waals surface area contributed by atoms with E-state index < -0.39 is 5.97 Å². The van der Waals surface area contributed by atoms with Crippen LogP contribution in [-0.4, -0.2) is 34.9 Å². The maximum absolute atomic E-state index is 13.0. The fraction of sp³-hybridized carbons (Fsp3) is 0.190. The minimum absolute atomic E-state index is 0.0625. The summed E-state index contributed by atoms with van der Waals surface area (Å²) in [6.45, 7) is 1.97. The van der Waals surface area contributed by atoms with Crippen molar-refractivity contribution >= 4 is 29.4 Å². The highest BCUT2D eigenvalue weighted by atomic mass is 16.5. The molecule has 0 saturated heterocycles. The number of nitrogens with zero attached hydrogens (tertiary/aromatic N) is 2. The topological polar surface area (TPSA) is 99.4 Å². The number of hydrazone groups is 1. The number of carbonyl (C=O) groups excluding carboxylic acids is 1. The van der Waals surface area contributed by atoms with Crippen LogP contribution in [0.5, 0.6) is 11.5 Å². The predicted octanol–water partition coefficient (Wildman–Crippen LogP) is 3.69. The number of amides is 1. The Morgan fingerprint density at radius 2 is 2.00 bits per heavy atom. The van der Waals surface area contributed by atoms with Gasteiger partial charge in [0.1, 0.15) is 0 Å². The van der Waals surface area contributed by atoms with Gasteiger partial charge in [-0.05, 0) is 36.8 Å². The highest BCUT2D eigenvalue weighted by Crippen LogP contribution is 2.33. The molecule has 3 rings (SSSR count). The number of hydrogen-bond donors (Lipinski definition) is 2. The quantitative estimate of drug-likeness (QED) is 0.745. The average Bonchev–Trinajstić information content (AvgIpc) is 2.99. The summed E-state index contributed by atoms with van der Waals surface area (Å²) in [4.78, 5) is 24.3. The highest BCUT2D eigenvalue weighted by Gasteiger charge is 2.31. The van der Waals surface area contributed by atoms with Crippen LogP contribution in [0.4, 0.5) is 5.69 Å². The first-order valence-electron chi connectivity index (χ1n) is 8.79. The maximum atomic E-state index is 13.0. The number of carbonyl (C=O) groups is 2. The van der Waals surface area contributed by atoms with Crippen LogP contribution in [0.25, 0.3) is 6.08 Å². The number of methoxy groups -OCH3 is 1. The lowest BCUT2D eigenvalue weighted by atomic mass is 10.0. The fourth-order valence-electron chi connectivity index (χ4n) is 2.95. The molecule has 2 aromatic carbocycles. The SMILES string of the molecule is CCCC1=NN(c2cccc(C(=O)O)c2)C(=O)C1=Cc1cccc(OC)c1O. The Balaban J connectivity index is 2.04.